The van der Waals surface area contributed by atoms with Gasteiger partial charge >= 0.3 is 0 Å². The summed E-state index contributed by atoms with van der Waals surface area (Å²) in [5.41, 5.74) is 0.582. The molecule has 0 spiro atoms. The lowest BCUT2D eigenvalue weighted by Crippen LogP contribution is -2.07. The lowest BCUT2D eigenvalue weighted by Gasteiger charge is -2.13. The minimum atomic E-state index is -0.893. The first-order valence-corrected chi connectivity index (χ1v) is 5.17. The zero-order valence-electron chi connectivity index (χ0n) is 8.77. The second-order valence-electron chi connectivity index (χ2n) is 3.55. The average molecular weight is 231 g/mol. The molecule has 84 valence electrons. The van der Waals surface area contributed by atoms with Gasteiger partial charge in [0.2, 0.25) is 0 Å². The van der Waals surface area contributed by atoms with Crippen LogP contribution < -0.4 is 4.74 Å². The summed E-state index contributed by atoms with van der Waals surface area (Å²) in [7, 11) is 0. The Balaban J connectivity index is 2.88. The van der Waals surface area contributed by atoms with Crippen LogP contribution >= 0.6 is 11.6 Å². The molecule has 0 saturated heterocycles. The number of ether oxygens (including phenoxy) is 1. The van der Waals surface area contributed by atoms with Crippen molar-refractivity contribution in [2.45, 2.75) is 26.1 Å². The van der Waals surface area contributed by atoms with E-state index in [1.165, 1.54) is 0 Å². The largest absolute Gasteiger partial charge is 0.489 e. The maximum Gasteiger partial charge on any atom is 0.138 e. The smallest absolute Gasteiger partial charge is 0.138 e. The lowest BCUT2D eigenvalue weighted by molar-refractivity contribution is 0.0955. The van der Waals surface area contributed by atoms with Crippen LogP contribution in [0.3, 0.4) is 0 Å². The van der Waals surface area contributed by atoms with Gasteiger partial charge in [0.25, 0.3) is 0 Å². The SMILES string of the molecule is CC(C)Oc1ccc(C(O)CO)cc1Cl. The molecule has 0 aliphatic heterocycles. The zero-order chi connectivity index (χ0) is 11.4. The fraction of sp³-hybridized carbons (Fsp3) is 0.455. The van der Waals surface area contributed by atoms with E-state index in [2.05, 4.69) is 0 Å². The topological polar surface area (TPSA) is 49.7 Å². The van der Waals surface area contributed by atoms with Gasteiger partial charge in [-0.1, -0.05) is 17.7 Å². The molecular weight excluding hydrogens is 216 g/mol. The van der Waals surface area contributed by atoms with Gasteiger partial charge in [-0.25, -0.2) is 0 Å². The first-order valence-electron chi connectivity index (χ1n) is 4.79. The van der Waals surface area contributed by atoms with Crippen molar-refractivity contribution in [3.05, 3.63) is 28.8 Å². The number of hydrogen-bond acceptors (Lipinski definition) is 3. The van der Waals surface area contributed by atoms with E-state index < -0.39 is 6.10 Å². The van der Waals surface area contributed by atoms with Gasteiger partial charge in [0.15, 0.2) is 0 Å². The van der Waals surface area contributed by atoms with Crippen LogP contribution in [0.5, 0.6) is 5.75 Å². The van der Waals surface area contributed by atoms with Gasteiger partial charge in [-0.3, -0.25) is 0 Å². The van der Waals surface area contributed by atoms with Crippen molar-refractivity contribution in [2.75, 3.05) is 6.61 Å². The van der Waals surface area contributed by atoms with Gasteiger partial charge < -0.3 is 14.9 Å². The van der Waals surface area contributed by atoms with Gasteiger partial charge in [0.05, 0.1) is 17.7 Å². The summed E-state index contributed by atoms with van der Waals surface area (Å²) in [4.78, 5) is 0. The molecule has 0 aliphatic carbocycles. The fourth-order valence-electron chi connectivity index (χ4n) is 1.18. The van der Waals surface area contributed by atoms with E-state index in [0.29, 0.717) is 16.3 Å². The van der Waals surface area contributed by atoms with Gasteiger partial charge in [0.1, 0.15) is 11.9 Å². The quantitative estimate of drug-likeness (QED) is 0.834. The third-order valence-electron chi connectivity index (χ3n) is 1.88. The summed E-state index contributed by atoms with van der Waals surface area (Å²) in [6.07, 6.45) is -0.841. The Kier molecular flexibility index (Phi) is 4.39. The van der Waals surface area contributed by atoms with Gasteiger partial charge in [-0.05, 0) is 31.5 Å². The third-order valence-corrected chi connectivity index (χ3v) is 2.17. The molecule has 1 aromatic rings. The van der Waals surface area contributed by atoms with Crippen molar-refractivity contribution in [2.24, 2.45) is 0 Å². The highest BCUT2D eigenvalue weighted by atomic mass is 35.5. The van der Waals surface area contributed by atoms with Crippen molar-refractivity contribution in [1.29, 1.82) is 0 Å². The summed E-state index contributed by atoms with van der Waals surface area (Å²) in [5.74, 6) is 0.584. The van der Waals surface area contributed by atoms with Gasteiger partial charge in [0, 0.05) is 0 Å². The number of rotatable bonds is 4. The van der Waals surface area contributed by atoms with Crippen LogP contribution in [0.25, 0.3) is 0 Å². The Morgan fingerprint density at radius 2 is 2.07 bits per heavy atom. The van der Waals surface area contributed by atoms with Gasteiger partial charge in [-0.2, -0.15) is 0 Å². The Morgan fingerprint density at radius 3 is 2.53 bits per heavy atom. The van der Waals surface area contributed by atoms with Crippen LogP contribution in [0.1, 0.15) is 25.5 Å². The maximum atomic E-state index is 9.38. The summed E-state index contributed by atoms with van der Waals surface area (Å²) in [5, 5.41) is 18.6. The van der Waals surface area contributed by atoms with E-state index >= 15 is 0 Å². The van der Waals surface area contributed by atoms with E-state index in [0.717, 1.165) is 0 Å². The van der Waals surface area contributed by atoms with Crippen LogP contribution in [0.2, 0.25) is 5.02 Å². The van der Waals surface area contributed by atoms with Crippen LogP contribution in [-0.4, -0.2) is 22.9 Å². The minimum absolute atomic E-state index is 0.0520. The van der Waals surface area contributed by atoms with E-state index in [9.17, 15) is 5.11 Å². The summed E-state index contributed by atoms with van der Waals surface area (Å²) < 4.78 is 5.44. The highest BCUT2D eigenvalue weighted by Gasteiger charge is 2.10. The first kappa shape index (κ1) is 12.3. The molecule has 1 rings (SSSR count). The van der Waals surface area contributed by atoms with Crippen LogP contribution in [0, 0.1) is 0 Å². The second kappa shape index (κ2) is 5.35. The second-order valence-corrected chi connectivity index (χ2v) is 3.96. The summed E-state index contributed by atoms with van der Waals surface area (Å²) in [6, 6.07) is 4.97. The molecule has 0 fully saturated rings. The van der Waals surface area contributed by atoms with E-state index in [4.69, 9.17) is 21.4 Å². The minimum Gasteiger partial charge on any atom is -0.489 e. The predicted molar refractivity (Wildman–Crippen MR) is 59.3 cm³/mol. The lowest BCUT2D eigenvalue weighted by atomic mass is 10.1. The molecule has 0 bridgehead atoms. The van der Waals surface area contributed by atoms with Crippen molar-refractivity contribution in [3.63, 3.8) is 0 Å². The van der Waals surface area contributed by atoms with Crippen LogP contribution in [0.4, 0.5) is 0 Å². The van der Waals surface area contributed by atoms with Crippen molar-refractivity contribution >= 4 is 11.6 Å². The van der Waals surface area contributed by atoms with Crippen molar-refractivity contribution in [3.8, 4) is 5.75 Å². The van der Waals surface area contributed by atoms with Crippen molar-refractivity contribution in [1.82, 2.24) is 0 Å². The summed E-state index contributed by atoms with van der Waals surface area (Å²) >= 11 is 5.96. The fourth-order valence-corrected chi connectivity index (χ4v) is 1.41. The predicted octanol–water partition coefficient (Wildman–Crippen LogP) is 2.15. The molecule has 1 unspecified atom stereocenters. The Labute approximate surface area is 94.3 Å². The molecule has 0 aliphatic rings. The Bertz CT molecular complexity index is 326. The molecule has 0 amide bonds. The first-order chi connectivity index (χ1) is 7.04. The standard InChI is InChI=1S/C11H15ClO3/c1-7(2)15-11-4-3-8(5-9(11)12)10(14)6-13/h3-5,7,10,13-14H,6H2,1-2H3. The van der Waals surface area contributed by atoms with E-state index in [1.54, 1.807) is 18.2 Å². The maximum absolute atomic E-state index is 9.38. The highest BCUT2D eigenvalue weighted by molar-refractivity contribution is 6.32. The molecule has 1 aromatic carbocycles. The van der Waals surface area contributed by atoms with Gasteiger partial charge in [-0.15, -0.1) is 0 Å². The molecule has 0 radical (unpaired) electrons. The molecule has 1 atom stereocenters. The molecule has 3 nitrogen and oxygen atoms in total. The van der Waals surface area contributed by atoms with E-state index in [-0.39, 0.29) is 12.7 Å². The third kappa shape index (κ3) is 3.38. The Morgan fingerprint density at radius 1 is 1.40 bits per heavy atom. The molecular formula is C11H15ClO3. The molecule has 0 saturated carbocycles. The normalized spacial score (nSPS) is 12.9. The highest BCUT2D eigenvalue weighted by Crippen LogP contribution is 2.28. The molecule has 0 heterocycles. The number of hydrogen-bond donors (Lipinski definition) is 2. The van der Waals surface area contributed by atoms with Crippen molar-refractivity contribution < 1.29 is 14.9 Å². The molecule has 0 aromatic heterocycles. The number of aliphatic hydroxyl groups is 2. The Hall–Kier alpha value is -0.770. The monoisotopic (exact) mass is 230 g/mol. The summed E-state index contributed by atoms with van der Waals surface area (Å²) in [6.45, 7) is 3.50. The molecule has 2 N–H and O–H groups in total. The average Bonchev–Trinajstić information content (AvgIpc) is 2.19. The zero-order valence-corrected chi connectivity index (χ0v) is 9.53. The van der Waals surface area contributed by atoms with E-state index in [1.807, 2.05) is 13.8 Å². The number of benzene rings is 1. The number of aliphatic hydroxyl groups excluding tert-OH is 2. The molecule has 4 heteroatoms. The molecule has 15 heavy (non-hydrogen) atoms. The van der Waals surface area contributed by atoms with Crippen LogP contribution in [-0.2, 0) is 0 Å². The number of halogens is 1. The van der Waals surface area contributed by atoms with Crippen LogP contribution in [0.15, 0.2) is 18.2 Å².